The summed E-state index contributed by atoms with van der Waals surface area (Å²) in [7, 11) is 0. The van der Waals surface area contributed by atoms with Crippen LogP contribution in [-0.2, 0) is 5.41 Å². The van der Waals surface area contributed by atoms with Gasteiger partial charge in [0, 0.05) is 27.6 Å². The van der Waals surface area contributed by atoms with E-state index in [0.717, 1.165) is 20.9 Å². The maximum absolute atomic E-state index is 11.7. The number of phenols is 1. The molecule has 0 atom stereocenters. The number of nitrogens with one attached hydrogen (secondary N) is 4. The van der Waals surface area contributed by atoms with Crippen molar-refractivity contribution in [1.29, 1.82) is 5.41 Å². The number of benzene rings is 2. The zero-order chi connectivity index (χ0) is 24.9. The Hall–Kier alpha value is -3.52. The van der Waals surface area contributed by atoms with Gasteiger partial charge in [0.25, 0.3) is 0 Å². The molecular weight excluding hydrogens is 446 g/mol. The summed E-state index contributed by atoms with van der Waals surface area (Å²) < 4.78 is 0. The van der Waals surface area contributed by atoms with Crippen molar-refractivity contribution in [3.8, 4) is 5.75 Å². The van der Waals surface area contributed by atoms with Crippen LogP contribution in [-0.4, -0.2) is 29.1 Å². The number of hydrogen-bond acceptors (Lipinski definition) is 6. The fraction of sp³-hybridized carbons (Fsp3) is 0.269. The molecule has 0 fully saturated rings. The van der Waals surface area contributed by atoms with Gasteiger partial charge in [-0.05, 0) is 73.4 Å². The average Bonchev–Trinajstić information content (AvgIpc) is 2.76. The lowest BCUT2D eigenvalue weighted by atomic mass is 9.85. The van der Waals surface area contributed by atoms with Gasteiger partial charge in [0.05, 0.1) is 11.4 Å². The first-order valence-electron chi connectivity index (χ1n) is 11.1. The van der Waals surface area contributed by atoms with Crippen molar-refractivity contribution in [1.82, 2.24) is 5.32 Å². The van der Waals surface area contributed by atoms with Gasteiger partial charge in [-0.1, -0.05) is 38.6 Å². The largest absolute Gasteiger partial charge is 0.505 e. The van der Waals surface area contributed by atoms with Crippen molar-refractivity contribution >= 4 is 40.6 Å². The van der Waals surface area contributed by atoms with Gasteiger partial charge in [-0.3, -0.25) is 10.8 Å². The molecule has 0 saturated heterocycles. The summed E-state index contributed by atoms with van der Waals surface area (Å²) in [6.45, 7) is 10.6. The number of aromatic hydroxyl groups is 1. The lowest BCUT2D eigenvalue weighted by Gasteiger charge is -2.22. The van der Waals surface area contributed by atoms with Gasteiger partial charge < -0.3 is 15.7 Å². The number of allylic oxidation sites excluding steroid dienone is 3. The molecule has 0 heterocycles. The number of phenolic OH excluding ortho intramolecular Hbond substituents is 1. The van der Waals surface area contributed by atoms with Crippen LogP contribution in [0.5, 0.6) is 5.75 Å². The quantitative estimate of drug-likeness (QED) is 0.195. The summed E-state index contributed by atoms with van der Waals surface area (Å²) in [5.74, 6) is 0.167. The Balaban J connectivity index is 1.75. The van der Waals surface area contributed by atoms with Crippen LogP contribution in [0.3, 0.4) is 0 Å². The Morgan fingerprint density at radius 1 is 1.15 bits per heavy atom. The van der Waals surface area contributed by atoms with E-state index in [2.05, 4.69) is 21.2 Å². The molecule has 5 N–H and O–H groups in total. The Morgan fingerprint density at radius 3 is 2.50 bits per heavy atom. The average molecular weight is 478 g/mol. The number of thioether (sulfide) groups is 1. The van der Waals surface area contributed by atoms with Gasteiger partial charge in [-0.15, -0.1) is 0 Å². The normalized spacial score (nSPS) is 14.7. The molecule has 0 unspecified atom stereocenters. The summed E-state index contributed by atoms with van der Waals surface area (Å²) in [5, 5.41) is 28.8. The SMILES string of the molecule is CCNC(=O)Nc1ccc(SC2=C/C(=N/Nc3cc(C)cc(C(C)(C)C)c3O)C(=N)C=C2)cc1. The monoisotopic (exact) mass is 477 g/mol. The van der Waals surface area contributed by atoms with Crippen LogP contribution >= 0.6 is 11.8 Å². The highest BCUT2D eigenvalue weighted by Crippen LogP contribution is 2.37. The van der Waals surface area contributed by atoms with Crippen molar-refractivity contribution in [2.24, 2.45) is 5.10 Å². The third kappa shape index (κ3) is 6.51. The topological polar surface area (TPSA) is 110 Å². The molecule has 0 aliphatic heterocycles. The summed E-state index contributed by atoms with van der Waals surface area (Å²) in [4.78, 5) is 13.6. The lowest BCUT2D eigenvalue weighted by Crippen LogP contribution is -2.28. The van der Waals surface area contributed by atoms with E-state index in [1.807, 2.05) is 83.2 Å². The van der Waals surface area contributed by atoms with Gasteiger partial charge in [0.15, 0.2) is 0 Å². The summed E-state index contributed by atoms with van der Waals surface area (Å²) in [5.41, 5.74) is 6.56. The van der Waals surface area contributed by atoms with E-state index in [1.165, 1.54) is 11.8 Å². The van der Waals surface area contributed by atoms with Crippen molar-refractivity contribution in [3.63, 3.8) is 0 Å². The molecule has 178 valence electrons. The number of aryl methyl sites for hydroxylation is 1. The molecule has 0 spiro atoms. The second-order valence-corrected chi connectivity index (χ2v) is 10.1. The third-order valence-corrected chi connectivity index (χ3v) is 6.01. The zero-order valence-electron chi connectivity index (χ0n) is 20.1. The van der Waals surface area contributed by atoms with Crippen LogP contribution in [0.1, 0.15) is 38.8 Å². The van der Waals surface area contributed by atoms with Crippen molar-refractivity contribution in [2.75, 3.05) is 17.3 Å². The van der Waals surface area contributed by atoms with E-state index in [1.54, 1.807) is 6.08 Å². The smallest absolute Gasteiger partial charge is 0.319 e. The predicted molar refractivity (Wildman–Crippen MR) is 143 cm³/mol. The van der Waals surface area contributed by atoms with E-state index in [9.17, 15) is 9.90 Å². The second-order valence-electron chi connectivity index (χ2n) is 8.97. The molecule has 0 saturated carbocycles. The molecule has 0 aromatic heterocycles. The first-order chi connectivity index (χ1) is 16.1. The number of hydrazone groups is 1. The minimum Gasteiger partial charge on any atom is -0.505 e. The maximum Gasteiger partial charge on any atom is 0.319 e. The van der Waals surface area contributed by atoms with Gasteiger partial charge in [0.1, 0.15) is 11.5 Å². The number of carbonyl (C=O) groups is 1. The van der Waals surface area contributed by atoms with Gasteiger partial charge >= 0.3 is 6.03 Å². The first kappa shape index (κ1) is 25.1. The molecule has 0 radical (unpaired) electrons. The highest BCUT2D eigenvalue weighted by atomic mass is 32.2. The Labute approximate surface area is 204 Å². The highest BCUT2D eigenvalue weighted by Gasteiger charge is 2.21. The lowest BCUT2D eigenvalue weighted by molar-refractivity contribution is 0.252. The standard InChI is InChI=1S/C26H31N5O2S/c1-6-28-25(33)29-17-7-9-18(10-8-17)34-19-11-12-21(27)22(15-19)30-31-23-14-16(2)13-20(24(23)32)26(3,4)5/h7-15,27,31-32H,6H2,1-5H3,(H2,28,29,33)/b27-21?,30-22-. The molecule has 2 aromatic rings. The van der Waals surface area contributed by atoms with E-state index in [0.29, 0.717) is 23.6 Å². The molecule has 2 amide bonds. The van der Waals surface area contributed by atoms with Crippen LogP contribution in [0.25, 0.3) is 0 Å². The molecule has 2 aromatic carbocycles. The van der Waals surface area contributed by atoms with Gasteiger partial charge in [0.2, 0.25) is 0 Å². The number of amides is 2. The molecule has 3 rings (SSSR count). The molecule has 7 nitrogen and oxygen atoms in total. The molecule has 34 heavy (non-hydrogen) atoms. The fourth-order valence-electron chi connectivity index (χ4n) is 3.30. The van der Waals surface area contributed by atoms with Crippen LogP contribution in [0.4, 0.5) is 16.2 Å². The number of hydrogen-bond donors (Lipinski definition) is 5. The predicted octanol–water partition coefficient (Wildman–Crippen LogP) is 6.17. The minimum atomic E-state index is -0.234. The maximum atomic E-state index is 11.7. The van der Waals surface area contributed by atoms with E-state index < -0.39 is 0 Å². The first-order valence-corrected chi connectivity index (χ1v) is 11.9. The second kappa shape index (κ2) is 10.6. The molecule has 1 aliphatic rings. The number of carbonyl (C=O) groups excluding carboxylic acids is 1. The number of rotatable bonds is 6. The van der Waals surface area contributed by atoms with E-state index in [-0.39, 0.29) is 22.9 Å². The third-order valence-electron chi connectivity index (χ3n) is 5.01. The Bertz CT molecular complexity index is 1170. The number of anilines is 2. The van der Waals surface area contributed by atoms with Crippen LogP contribution < -0.4 is 16.1 Å². The summed E-state index contributed by atoms with van der Waals surface area (Å²) in [6.07, 6.45) is 5.40. The van der Waals surface area contributed by atoms with Crippen LogP contribution in [0, 0.1) is 12.3 Å². The van der Waals surface area contributed by atoms with E-state index >= 15 is 0 Å². The molecule has 0 bridgehead atoms. The highest BCUT2D eigenvalue weighted by molar-refractivity contribution is 8.03. The molecule has 8 heteroatoms. The fourth-order valence-corrected chi connectivity index (χ4v) is 4.15. The van der Waals surface area contributed by atoms with Crippen molar-refractivity contribution in [2.45, 2.75) is 44.9 Å². The van der Waals surface area contributed by atoms with Crippen LogP contribution in [0.2, 0.25) is 0 Å². The zero-order valence-corrected chi connectivity index (χ0v) is 20.9. The number of urea groups is 1. The Morgan fingerprint density at radius 2 is 1.85 bits per heavy atom. The summed E-state index contributed by atoms with van der Waals surface area (Å²) >= 11 is 1.53. The van der Waals surface area contributed by atoms with Gasteiger partial charge in [-0.2, -0.15) is 5.10 Å². The van der Waals surface area contributed by atoms with E-state index in [4.69, 9.17) is 5.41 Å². The van der Waals surface area contributed by atoms with Crippen molar-refractivity contribution in [3.05, 3.63) is 70.7 Å². The van der Waals surface area contributed by atoms with Gasteiger partial charge in [-0.25, -0.2) is 4.79 Å². The number of nitrogens with zero attached hydrogens (tertiary/aromatic N) is 1. The Kier molecular flexibility index (Phi) is 7.83. The molecular formula is C26H31N5O2S. The van der Waals surface area contributed by atoms with Crippen LogP contribution in [0.15, 0.2) is 69.5 Å². The van der Waals surface area contributed by atoms with Crippen molar-refractivity contribution < 1.29 is 9.90 Å². The minimum absolute atomic E-state index is 0.167. The molecule has 1 aliphatic carbocycles. The summed E-state index contributed by atoms with van der Waals surface area (Å²) in [6, 6.07) is 11.1.